The Morgan fingerprint density at radius 3 is 2.33 bits per heavy atom. The van der Waals surface area contributed by atoms with Crippen LogP contribution in [0.3, 0.4) is 0 Å². The first-order valence-corrected chi connectivity index (χ1v) is 6.42. The Kier molecular flexibility index (Phi) is 3.89. The lowest BCUT2D eigenvalue weighted by atomic mass is 10.2. The summed E-state index contributed by atoms with van der Waals surface area (Å²) in [4.78, 5) is 0.312. The van der Waals surface area contributed by atoms with E-state index < -0.39 is 9.84 Å². The topological polar surface area (TPSA) is 60.2 Å². The van der Waals surface area contributed by atoms with E-state index in [9.17, 15) is 8.42 Å². The molecule has 1 rings (SSSR count). The molecule has 1 aromatic carbocycles. The predicted octanol–water partition coefficient (Wildman–Crippen LogP) is 0.790. The zero-order valence-corrected chi connectivity index (χ0v) is 9.34. The Balaban J connectivity index is 2.88. The van der Waals surface area contributed by atoms with E-state index in [4.69, 9.17) is 5.73 Å². The fourth-order valence-electron chi connectivity index (χ4n) is 1.02. The predicted molar refractivity (Wildman–Crippen MR) is 60.1 cm³/mol. The largest absolute Gasteiger partial charge is 0.330 e. The molecule has 2 N–H and O–H groups in total. The first kappa shape index (κ1) is 11.8. The van der Waals surface area contributed by atoms with Crippen LogP contribution in [0.5, 0.6) is 0 Å². The molecule has 3 nitrogen and oxygen atoms in total. The molecule has 0 aliphatic rings. The summed E-state index contributed by atoms with van der Waals surface area (Å²) in [5.74, 6) is 5.78. The fourth-order valence-corrected chi connectivity index (χ4v) is 1.65. The van der Waals surface area contributed by atoms with Crippen LogP contribution < -0.4 is 5.73 Å². The molecule has 0 spiro atoms. The summed E-state index contributed by atoms with van der Waals surface area (Å²) in [5.41, 5.74) is 6.09. The molecule has 0 radical (unpaired) electrons. The molecule has 0 aliphatic carbocycles. The van der Waals surface area contributed by atoms with Crippen LogP contribution in [0.25, 0.3) is 0 Å². The average Bonchev–Trinajstić information content (AvgIpc) is 2.18. The van der Waals surface area contributed by atoms with Crippen LogP contribution in [-0.2, 0) is 9.84 Å². The minimum atomic E-state index is -3.11. The van der Waals surface area contributed by atoms with Gasteiger partial charge in [-0.25, -0.2) is 8.42 Å². The van der Waals surface area contributed by atoms with Crippen molar-refractivity contribution in [1.29, 1.82) is 0 Å². The van der Waals surface area contributed by atoms with Crippen LogP contribution in [0.1, 0.15) is 12.0 Å². The van der Waals surface area contributed by atoms with E-state index in [0.29, 0.717) is 17.9 Å². The van der Waals surface area contributed by atoms with Crippen molar-refractivity contribution in [2.45, 2.75) is 11.3 Å². The molecule has 0 fully saturated rings. The van der Waals surface area contributed by atoms with E-state index in [1.54, 1.807) is 24.3 Å². The van der Waals surface area contributed by atoms with Crippen LogP contribution in [0.2, 0.25) is 0 Å². The molecule has 0 saturated heterocycles. The van der Waals surface area contributed by atoms with Gasteiger partial charge in [0, 0.05) is 24.8 Å². The van der Waals surface area contributed by atoms with E-state index in [1.165, 1.54) is 6.26 Å². The summed E-state index contributed by atoms with van der Waals surface area (Å²) in [5, 5.41) is 0. The Hall–Kier alpha value is -1.31. The second kappa shape index (κ2) is 4.96. The van der Waals surface area contributed by atoms with E-state index in [0.717, 1.165) is 5.56 Å². The second-order valence-corrected chi connectivity index (χ2v) is 5.15. The van der Waals surface area contributed by atoms with E-state index in [1.807, 2.05) is 0 Å². The molecule has 0 saturated carbocycles. The Morgan fingerprint density at radius 1 is 1.27 bits per heavy atom. The van der Waals surface area contributed by atoms with Crippen molar-refractivity contribution in [3.05, 3.63) is 29.8 Å². The number of benzene rings is 1. The molecular weight excluding hydrogens is 210 g/mol. The van der Waals surface area contributed by atoms with Gasteiger partial charge in [0.2, 0.25) is 0 Å². The molecule has 0 unspecified atom stereocenters. The Morgan fingerprint density at radius 2 is 1.87 bits per heavy atom. The summed E-state index contributed by atoms with van der Waals surface area (Å²) in [6, 6.07) is 6.50. The van der Waals surface area contributed by atoms with Crippen molar-refractivity contribution in [3.8, 4) is 11.8 Å². The second-order valence-electron chi connectivity index (χ2n) is 3.14. The smallest absolute Gasteiger partial charge is 0.175 e. The fraction of sp³-hybridized carbons (Fsp3) is 0.273. The van der Waals surface area contributed by atoms with E-state index in [-0.39, 0.29) is 0 Å². The number of rotatable bonds is 2. The van der Waals surface area contributed by atoms with Crippen LogP contribution in [0.4, 0.5) is 0 Å². The number of nitrogens with two attached hydrogens (primary N) is 1. The summed E-state index contributed by atoms with van der Waals surface area (Å²) < 4.78 is 22.3. The molecule has 0 heterocycles. The maximum absolute atomic E-state index is 11.2. The molecule has 0 aromatic heterocycles. The maximum atomic E-state index is 11.2. The van der Waals surface area contributed by atoms with Crippen molar-refractivity contribution in [3.63, 3.8) is 0 Å². The van der Waals surface area contributed by atoms with Gasteiger partial charge in [-0.1, -0.05) is 11.8 Å². The highest BCUT2D eigenvalue weighted by Crippen LogP contribution is 2.09. The molecule has 0 amide bonds. The highest BCUT2D eigenvalue weighted by atomic mass is 32.2. The van der Waals surface area contributed by atoms with Gasteiger partial charge in [-0.05, 0) is 24.3 Å². The van der Waals surface area contributed by atoms with Gasteiger partial charge in [0.1, 0.15) is 0 Å². The maximum Gasteiger partial charge on any atom is 0.175 e. The van der Waals surface area contributed by atoms with Crippen LogP contribution in [0.15, 0.2) is 29.2 Å². The number of sulfone groups is 1. The zero-order valence-electron chi connectivity index (χ0n) is 8.53. The highest BCUT2D eigenvalue weighted by Gasteiger charge is 2.04. The third kappa shape index (κ3) is 3.74. The lowest BCUT2D eigenvalue weighted by Crippen LogP contribution is -1.96. The van der Waals surface area contributed by atoms with Gasteiger partial charge in [-0.3, -0.25) is 0 Å². The van der Waals surface area contributed by atoms with Crippen molar-refractivity contribution >= 4 is 9.84 Å². The van der Waals surface area contributed by atoms with Crippen LogP contribution in [0, 0.1) is 11.8 Å². The molecule has 80 valence electrons. The standard InChI is InChI=1S/C11H13NO2S/c1-15(13,14)11-7-5-10(6-8-11)4-2-3-9-12/h5-8H,3,9,12H2,1H3. The normalized spacial score (nSPS) is 10.5. The first-order chi connectivity index (χ1) is 7.04. The van der Waals surface area contributed by atoms with Crippen LogP contribution >= 0.6 is 0 Å². The Labute approximate surface area is 90.2 Å². The van der Waals surface area contributed by atoms with E-state index in [2.05, 4.69) is 11.8 Å². The van der Waals surface area contributed by atoms with Gasteiger partial charge in [-0.15, -0.1) is 0 Å². The van der Waals surface area contributed by atoms with Gasteiger partial charge in [-0.2, -0.15) is 0 Å². The summed E-state index contributed by atoms with van der Waals surface area (Å²) in [6.07, 6.45) is 1.83. The average molecular weight is 223 g/mol. The first-order valence-electron chi connectivity index (χ1n) is 4.53. The lowest BCUT2D eigenvalue weighted by molar-refractivity contribution is 0.602. The molecular formula is C11H13NO2S. The highest BCUT2D eigenvalue weighted by molar-refractivity contribution is 7.90. The molecule has 0 bridgehead atoms. The molecule has 0 atom stereocenters. The Bertz CT molecular complexity index is 478. The summed E-state index contributed by atoms with van der Waals surface area (Å²) >= 11 is 0. The zero-order chi connectivity index (χ0) is 11.3. The summed E-state index contributed by atoms with van der Waals surface area (Å²) in [7, 11) is -3.11. The third-order valence-corrected chi connectivity index (χ3v) is 2.91. The van der Waals surface area contributed by atoms with Gasteiger partial charge >= 0.3 is 0 Å². The lowest BCUT2D eigenvalue weighted by Gasteiger charge is -1.96. The molecule has 1 aromatic rings. The van der Waals surface area contributed by atoms with Gasteiger partial charge in [0.05, 0.1) is 4.90 Å². The van der Waals surface area contributed by atoms with Crippen molar-refractivity contribution < 1.29 is 8.42 Å². The van der Waals surface area contributed by atoms with Crippen LogP contribution in [-0.4, -0.2) is 21.2 Å². The van der Waals surface area contributed by atoms with Crippen molar-refractivity contribution in [2.75, 3.05) is 12.8 Å². The number of hydrogen-bond donors (Lipinski definition) is 1. The minimum absolute atomic E-state index is 0.312. The molecule has 4 heteroatoms. The van der Waals surface area contributed by atoms with Gasteiger partial charge in [0.25, 0.3) is 0 Å². The molecule has 0 aliphatic heterocycles. The minimum Gasteiger partial charge on any atom is -0.330 e. The van der Waals surface area contributed by atoms with Gasteiger partial charge in [0.15, 0.2) is 9.84 Å². The quantitative estimate of drug-likeness (QED) is 0.754. The third-order valence-electron chi connectivity index (χ3n) is 1.78. The summed E-state index contributed by atoms with van der Waals surface area (Å²) in [6.45, 7) is 0.536. The van der Waals surface area contributed by atoms with Crippen molar-refractivity contribution in [1.82, 2.24) is 0 Å². The van der Waals surface area contributed by atoms with Gasteiger partial charge < -0.3 is 5.73 Å². The van der Waals surface area contributed by atoms with E-state index >= 15 is 0 Å². The molecule has 15 heavy (non-hydrogen) atoms. The monoisotopic (exact) mass is 223 g/mol. The number of hydrogen-bond acceptors (Lipinski definition) is 3. The SMILES string of the molecule is CS(=O)(=O)c1ccc(C#CCCN)cc1. The van der Waals surface area contributed by atoms with Crippen molar-refractivity contribution in [2.24, 2.45) is 5.73 Å².